The number of hydrogen-bond donors (Lipinski definition) is 3. The molecule has 4 rings (SSSR count). The minimum absolute atomic E-state index is 0.0381. The van der Waals surface area contributed by atoms with E-state index in [2.05, 4.69) is 20.3 Å². The molecular weight excluding hydrogens is 352 g/mol. The summed E-state index contributed by atoms with van der Waals surface area (Å²) in [5.74, 6) is 0.412. The molecule has 0 bridgehead atoms. The smallest absolute Gasteiger partial charge is 0.257 e. The fourth-order valence-electron chi connectivity index (χ4n) is 3.54. The van der Waals surface area contributed by atoms with Crippen molar-refractivity contribution in [2.24, 2.45) is 0 Å². The number of anilines is 1. The lowest BCUT2D eigenvalue weighted by Gasteiger charge is -2.27. The number of aromatic amines is 1. The summed E-state index contributed by atoms with van der Waals surface area (Å²) in [5.41, 5.74) is 0.980. The molecule has 0 spiro atoms. The predicted molar refractivity (Wildman–Crippen MR) is 103 cm³/mol. The van der Waals surface area contributed by atoms with Crippen LogP contribution < -0.4 is 10.9 Å². The van der Waals surface area contributed by atoms with E-state index in [0.29, 0.717) is 27.7 Å². The second kappa shape index (κ2) is 6.70. The molecule has 0 saturated heterocycles. The van der Waals surface area contributed by atoms with Gasteiger partial charge in [0.2, 0.25) is 5.95 Å². The van der Waals surface area contributed by atoms with Crippen LogP contribution in [0.3, 0.4) is 0 Å². The van der Waals surface area contributed by atoms with Gasteiger partial charge in [-0.05, 0) is 25.0 Å². The zero-order chi connectivity index (χ0) is 18.1. The highest BCUT2D eigenvalue weighted by Gasteiger charge is 2.33. The summed E-state index contributed by atoms with van der Waals surface area (Å²) < 4.78 is 0. The summed E-state index contributed by atoms with van der Waals surface area (Å²) in [7, 11) is 0. The van der Waals surface area contributed by atoms with Crippen molar-refractivity contribution in [2.75, 3.05) is 11.9 Å². The van der Waals surface area contributed by atoms with Crippen LogP contribution in [0.25, 0.3) is 22.2 Å². The van der Waals surface area contributed by atoms with Crippen molar-refractivity contribution >= 4 is 28.6 Å². The summed E-state index contributed by atoms with van der Waals surface area (Å²) in [6, 6.07) is 8.96. The summed E-state index contributed by atoms with van der Waals surface area (Å²) in [5, 5.41) is 14.2. The summed E-state index contributed by atoms with van der Waals surface area (Å²) in [6.07, 6.45) is 5.57. The Labute approximate surface area is 155 Å². The Balaban J connectivity index is 1.73. The van der Waals surface area contributed by atoms with E-state index in [1.807, 2.05) is 12.1 Å². The molecule has 1 saturated carbocycles. The summed E-state index contributed by atoms with van der Waals surface area (Å²) in [6.45, 7) is 0.0381. The van der Waals surface area contributed by atoms with Gasteiger partial charge in [0.15, 0.2) is 0 Å². The number of halogens is 1. The molecular formula is C19H19ClN4O2. The molecule has 0 aliphatic heterocycles. The molecule has 1 aliphatic carbocycles. The quantitative estimate of drug-likeness (QED) is 0.655. The second-order valence-electron chi connectivity index (χ2n) is 6.76. The molecule has 1 aromatic carbocycles. The molecule has 0 radical (unpaired) electrons. The molecule has 3 aromatic rings. The normalized spacial score (nSPS) is 16.1. The minimum Gasteiger partial charge on any atom is -0.394 e. The van der Waals surface area contributed by atoms with Crippen LogP contribution in [0.4, 0.5) is 5.95 Å². The molecule has 26 heavy (non-hydrogen) atoms. The average molecular weight is 371 g/mol. The van der Waals surface area contributed by atoms with Crippen LogP contribution in [0.1, 0.15) is 25.7 Å². The fourth-order valence-corrected chi connectivity index (χ4v) is 3.78. The number of nitrogens with one attached hydrogen (secondary N) is 2. The van der Waals surface area contributed by atoms with Crippen LogP contribution >= 0.6 is 11.6 Å². The van der Waals surface area contributed by atoms with Crippen LogP contribution in [0.2, 0.25) is 5.02 Å². The Morgan fingerprint density at radius 2 is 2.00 bits per heavy atom. The van der Waals surface area contributed by atoms with E-state index < -0.39 is 0 Å². The van der Waals surface area contributed by atoms with Crippen LogP contribution in [-0.2, 0) is 0 Å². The van der Waals surface area contributed by atoms with Crippen molar-refractivity contribution in [2.45, 2.75) is 31.2 Å². The lowest BCUT2D eigenvalue weighted by atomic mass is 9.99. The molecule has 0 unspecified atom stereocenters. The number of rotatable bonds is 4. The van der Waals surface area contributed by atoms with Crippen LogP contribution in [-0.4, -0.2) is 32.2 Å². The molecule has 2 heterocycles. The van der Waals surface area contributed by atoms with Gasteiger partial charge in [0.05, 0.1) is 12.1 Å². The molecule has 134 valence electrons. The van der Waals surface area contributed by atoms with Gasteiger partial charge in [0, 0.05) is 27.7 Å². The number of nitrogens with zero attached hydrogens (tertiary/aromatic N) is 2. The topological polar surface area (TPSA) is 90.9 Å². The van der Waals surface area contributed by atoms with Crippen molar-refractivity contribution in [3.05, 3.63) is 51.9 Å². The van der Waals surface area contributed by atoms with E-state index in [4.69, 9.17) is 11.6 Å². The zero-order valence-electron chi connectivity index (χ0n) is 14.1. The highest BCUT2D eigenvalue weighted by molar-refractivity contribution is 6.33. The first-order valence-corrected chi connectivity index (χ1v) is 9.02. The van der Waals surface area contributed by atoms with E-state index in [-0.39, 0.29) is 17.7 Å². The molecule has 7 heteroatoms. The minimum atomic E-state index is -0.370. The average Bonchev–Trinajstić information content (AvgIpc) is 3.11. The largest absolute Gasteiger partial charge is 0.394 e. The third-order valence-electron chi connectivity index (χ3n) is 5.00. The van der Waals surface area contributed by atoms with Crippen molar-refractivity contribution in [1.29, 1.82) is 0 Å². The molecule has 1 aliphatic rings. The number of aliphatic hydroxyl groups is 1. The standard InChI is InChI=1S/C19H19ClN4O2/c20-15-6-2-1-5-13(15)14-9-12-10-21-18(23-16(12)22-17(14)26)24-19(11-25)7-3-4-8-19/h1-2,5-6,9-10,25H,3-4,7-8,11H2,(H2,21,22,23,24,26). The predicted octanol–water partition coefficient (Wildman–Crippen LogP) is 3.36. The first-order chi connectivity index (χ1) is 12.6. The van der Waals surface area contributed by atoms with E-state index >= 15 is 0 Å². The Morgan fingerprint density at radius 3 is 2.73 bits per heavy atom. The number of aromatic nitrogens is 3. The van der Waals surface area contributed by atoms with Gasteiger partial charge < -0.3 is 15.4 Å². The van der Waals surface area contributed by atoms with Gasteiger partial charge in [-0.2, -0.15) is 4.98 Å². The first-order valence-electron chi connectivity index (χ1n) is 8.64. The lowest BCUT2D eigenvalue weighted by molar-refractivity contribution is 0.213. The second-order valence-corrected chi connectivity index (χ2v) is 7.17. The fraction of sp³-hybridized carbons (Fsp3) is 0.316. The third kappa shape index (κ3) is 3.06. The van der Waals surface area contributed by atoms with E-state index in [1.54, 1.807) is 24.4 Å². The maximum Gasteiger partial charge on any atom is 0.257 e. The number of benzene rings is 1. The maximum atomic E-state index is 12.5. The van der Waals surface area contributed by atoms with Gasteiger partial charge >= 0.3 is 0 Å². The van der Waals surface area contributed by atoms with Crippen LogP contribution in [0, 0.1) is 0 Å². The number of hydrogen-bond acceptors (Lipinski definition) is 5. The number of fused-ring (bicyclic) bond motifs is 1. The monoisotopic (exact) mass is 370 g/mol. The maximum absolute atomic E-state index is 12.5. The molecule has 2 aromatic heterocycles. The Bertz CT molecular complexity index is 1010. The number of H-pyrrole nitrogens is 1. The van der Waals surface area contributed by atoms with Crippen molar-refractivity contribution < 1.29 is 5.11 Å². The molecule has 3 N–H and O–H groups in total. The van der Waals surface area contributed by atoms with Crippen molar-refractivity contribution in [1.82, 2.24) is 15.0 Å². The van der Waals surface area contributed by atoms with Crippen LogP contribution in [0.15, 0.2) is 41.3 Å². The Hall–Kier alpha value is -2.44. The van der Waals surface area contributed by atoms with Crippen molar-refractivity contribution in [3.8, 4) is 11.1 Å². The van der Waals surface area contributed by atoms with Gasteiger partial charge in [-0.15, -0.1) is 0 Å². The molecule has 0 amide bonds. The van der Waals surface area contributed by atoms with Gasteiger partial charge in [0.1, 0.15) is 5.65 Å². The first kappa shape index (κ1) is 17.0. The third-order valence-corrected chi connectivity index (χ3v) is 5.33. The molecule has 6 nitrogen and oxygen atoms in total. The number of aliphatic hydroxyl groups excluding tert-OH is 1. The lowest BCUT2D eigenvalue weighted by Crippen LogP contribution is -2.39. The summed E-state index contributed by atoms with van der Waals surface area (Å²) >= 11 is 6.22. The van der Waals surface area contributed by atoms with E-state index in [0.717, 1.165) is 31.1 Å². The molecule has 0 atom stereocenters. The Morgan fingerprint density at radius 1 is 1.23 bits per heavy atom. The summed E-state index contributed by atoms with van der Waals surface area (Å²) in [4.78, 5) is 24.1. The van der Waals surface area contributed by atoms with Gasteiger partial charge in [-0.25, -0.2) is 4.98 Å². The number of pyridine rings is 1. The van der Waals surface area contributed by atoms with Gasteiger partial charge in [-0.3, -0.25) is 4.79 Å². The Kier molecular flexibility index (Phi) is 4.38. The zero-order valence-corrected chi connectivity index (χ0v) is 14.9. The van der Waals surface area contributed by atoms with Crippen molar-refractivity contribution in [3.63, 3.8) is 0 Å². The highest BCUT2D eigenvalue weighted by Crippen LogP contribution is 2.32. The van der Waals surface area contributed by atoms with Gasteiger partial charge in [-0.1, -0.05) is 42.6 Å². The SMILES string of the molecule is O=c1[nH]c2nc(NC3(CO)CCCC3)ncc2cc1-c1ccccc1Cl. The van der Waals surface area contributed by atoms with Crippen LogP contribution in [0.5, 0.6) is 0 Å². The molecule has 1 fully saturated rings. The van der Waals surface area contributed by atoms with E-state index in [1.165, 1.54) is 0 Å². The highest BCUT2D eigenvalue weighted by atomic mass is 35.5. The van der Waals surface area contributed by atoms with Gasteiger partial charge in [0.25, 0.3) is 5.56 Å². The van der Waals surface area contributed by atoms with E-state index in [9.17, 15) is 9.90 Å².